The summed E-state index contributed by atoms with van der Waals surface area (Å²) in [5.74, 6) is 0. The van der Waals surface area contributed by atoms with Gasteiger partial charge in [-0.2, -0.15) is 0 Å². The van der Waals surface area contributed by atoms with Crippen molar-refractivity contribution in [2.45, 2.75) is 25.4 Å². The van der Waals surface area contributed by atoms with Crippen molar-refractivity contribution in [2.24, 2.45) is 0 Å². The van der Waals surface area contributed by atoms with Gasteiger partial charge in [-0.1, -0.05) is 28.1 Å². The fraction of sp³-hybridized carbons (Fsp3) is 0.308. The van der Waals surface area contributed by atoms with E-state index in [1.54, 1.807) is 11.3 Å². The molecule has 2 aromatic rings. The number of hydrogen-bond donors (Lipinski definition) is 1. The van der Waals surface area contributed by atoms with Gasteiger partial charge < -0.3 is 5.11 Å². The third-order valence-corrected chi connectivity index (χ3v) is 4.65. The Morgan fingerprint density at radius 2 is 2.29 bits per heavy atom. The molecule has 1 heterocycles. The second kappa shape index (κ2) is 4.52. The number of aromatic nitrogens is 1. The molecule has 88 valence electrons. The maximum Gasteiger partial charge on any atom is 0.123 e. The number of aliphatic hydroxyl groups excluding tert-OH is 1. The van der Waals surface area contributed by atoms with E-state index in [-0.39, 0.29) is 6.10 Å². The number of fused-ring (bicyclic) bond motifs is 1. The largest absolute Gasteiger partial charge is 0.393 e. The average Bonchev–Trinajstić information content (AvgIpc) is 2.72. The summed E-state index contributed by atoms with van der Waals surface area (Å²) in [7, 11) is 0. The highest BCUT2D eigenvalue weighted by Crippen LogP contribution is 2.33. The van der Waals surface area contributed by atoms with Crippen LogP contribution >= 0.6 is 27.3 Å². The molecule has 1 N–H and O–H groups in total. The molecular weight excluding hydrogens is 298 g/mol. The molecule has 0 amide bonds. The molecule has 0 spiro atoms. The third kappa shape index (κ3) is 2.30. The molecule has 0 saturated carbocycles. The fourth-order valence-corrected chi connectivity index (χ4v) is 3.68. The molecule has 2 nitrogen and oxygen atoms in total. The predicted octanol–water partition coefficient (Wildman–Crippen LogP) is 3.42. The molecule has 17 heavy (non-hydrogen) atoms. The molecule has 1 aliphatic rings. The van der Waals surface area contributed by atoms with E-state index < -0.39 is 0 Å². The van der Waals surface area contributed by atoms with Crippen molar-refractivity contribution in [3.8, 4) is 10.6 Å². The summed E-state index contributed by atoms with van der Waals surface area (Å²) in [6.07, 6.45) is 2.33. The zero-order valence-corrected chi connectivity index (χ0v) is 11.6. The monoisotopic (exact) mass is 309 g/mol. The van der Waals surface area contributed by atoms with E-state index >= 15 is 0 Å². The first-order chi connectivity index (χ1) is 8.22. The lowest BCUT2D eigenvalue weighted by Crippen LogP contribution is -2.17. The Morgan fingerprint density at radius 1 is 1.41 bits per heavy atom. The van der Waals surface area contributed by atoms with Crippen LogP contribution in [-0.2, 0) is 12.8 Å². The van der Waals surface area contributed by atoms with Gasteiger partial charge in [0.2, 0.25) is 0 Å². The molecule has 0 fully saturated rings. The number of thiazole rings is 1. The van der Waals surface area contributed by atoms with Gasteiger partial charge in [-0.05, 0) is 25.0 Å². The molecule has 1 atom stereocenters. The van der Waals surface area contributed by atoms with Crippen LogP contribution in [0.2, 0.25) is 0 Å². The van der Waals surface area contributed by atoms with Crippen molar-refractivity contribution in [3.63, 3.8) is 0 Å². The summed E-state index contributed by atoms with van der Waals surface area (Å²) in [5.41, 5.74) is 2.32. The Hall–Kier alpha value is -0.710. The zero-order valence-electron chi connectivity index (χ0n) is 9.19. The van der Waals surface area contributed by atoms with Crippen LogP contribution in [0.1, 0.15) is 17.0 Å². The third-order valence-electron chi connectivity index (χ3n) is 2.99. The molecule has 1 aromatic heterocycles. The number of aliphatic hydroxyl groups is 1. The van der Waals surface area contributed by atoms with Crippen LogP contribution < -0.4 is 0 Å². The van der Waals surface area contributed by atoms with Crippen LogP contribution in [0.3, 0.4) is 0 Å². The van der Waals surface area contributed by atoms with Crippen molar-refractivity contribution < 1.29 is 5.11 Å². The molecule has 0 radical (unpaired) electrons. The minimum Gasteiger partial charge on any atom is -0.393 e. The summed E-state index contributed by atoms with van der Waals surface area (Å²) in [5, 5.41) is 10.7. The first kappa shape index (κ1) is 11.4. The van der Waals surface area contributed by atoms with Crippen molar-refractivity contribution in [1.82, 2.24) is 4.98 Å². The van der Waals surface area contributed by atoms with Crippen molar-refractivity contribution in [3.05, 3.63) is 39.3 Å². The lowest BCUT2D eigenvalue weighted by Gasteiger charge is -2.14. The average molecular weight is 310 g/mol. The lowest BCUT2D eigenvalue weighted by molar-refractivity contribution is 0.159. The zero-order chi connectivity index (χ0) is 11.8. The first-order valence-electron chi connectivity index (χ1n) is 5.65. The predicted molar refractivity (Wildman–Crippen MR) is 73.3 cm³/mol. The summed E-state index contributed by atoms with van der Waals surface area (Å²) in [6, 6.07) is 8.20. The van der Waals surface area contributed by atoms with E-state index in [0.717, 1.165) is 34.3 Å². The standard InChI is InChI=1S/C13H12BrNOS/c14-9-3-1-2-8(6-9)13-15-11-5-4-10(16)7-12(11)17-13/h1-3,6,10,16H,4-5,7H2. The quantitative estimate of drug-likeness (QED) is 0.875. The Labute approximate surface area is 112 Å². The number of rotatable bonds is 1. The maximum absolute atomic E-state index is 9.65. The van der Waals surface area contributed by atoms with Crippen LogP contribution in [0.5, 0.6) is 0 Å². The topological polar surface area (TPSA) is 33.1 Å². The van der Waals surface area contributed by atoms with E-state index in [4.69, 9.17) is 0 Å². The lowest BCUT2D eigenvalue weighted by atomic mass is 10.0. The van der Waals surface area contributed by atoms with Gasteiger partial charge >= 0.3 is 0 Å². The van der Waals surface area contributed by atoms with Crippen LogP contribution in [0.4, 0.5) is 0 Å². The fourth-order valence-electron chi connectivity index (χ4n) is 2.10. The second-order valence-corrected chi connectivity index (χ2v) is 6.30. The maximum atomic E-state index is 9.65. The van der Waals surface area contributed by atoms with Gasteiger partial charge in [0.05, 0.1) is 11.8 Å². The van der Waals surface area contributed by atoms with E-state index in [9.17, 15) is 5.11 Å². The van der Waals surface area contributed by atoms with Gasteiger partial charge in [0.1, 0.15) is 5.01 Å². The van der Waals surface area contributed by atoms with Crippen LogP contribution in [-0.4, -0.2) is 16.2 Å². The summed E-state index contributed by atoms with van der Waals surface area (Å²) >= 11 is 5.19. The minimum atomic E-state index is -0.182. The molecule has 0 aliphatic heterocycles. The molecule has 0 bridgehead atoms. The summed E-state index contributed by atoms with van der Waals surface area (Å²) in [6.45, 7) is 0. The molecule has 1 aromatic carbocycles. The smallest absolute Gasteiger partial charge is 0.123 e. The highest BCUT2D eigenvalue weighted by Gasteiger charge is 2.21. The van der Waals surface area contributed by atoms with Crippen molar-refractivity contribution in [1.29, 1.82) is 0 Å². The van der Waals surface area contributed by atoms with Crippen molar-refractivity contribution >= 4 is 27.3 Å². The normalized spacial score (nSPS) is 19.1. The second-order valence-electron chi connectivity index (χ2n) is 4.30. The Balaban J connectivity index is 2.00. The van der Waals surface area contributed by atoms with Gasteiger partial charge in [0.15, 0.2) is 0 Å². The highest BCUT2D eigenvalue weighted by atomic mass is 79.9. The first-order valence-corrected chi connectivity index (χ1v) is 7.26. The van der Waals surface area contributed by atoms with Gasteiger partial charge in [0.25, 0.3) is 0 Å². The Bertz CT molecular complexity index is 552. The number of benzene rings is 1. The molecular formula is C13H12BrNOS. The van der Waals surface area contributed by atoms with E-state index in [2.05, 4.69) is 33.0 Å². The highest BCUT2D eigenvalue weighted by molar-refractivity contribution is 9.10. The molecule has 4 heteroatoms. The number of aryl methyl sites for hydroxylation is 1. The Kier molecular flexibility index (Phi) is 3.03. The van der Waals surface area contributed by atoms with Gasteiger partial charge in [-0.25, -0.2) is 4.98 Å². The molecule has 3 rings (SSSR count). The number of hydrogen-bond acceptors (Lipinski definition) is 3. The van der Waals surface area contributed by atoms with E-state index in [0.29, 0.717) is 0 Å². The van der Waals surface area contributed by atoms with E-state index in [1.165, 1.54) is 10.6 Å². The Morgan fingerprint density at radius 3 is 3.12 bits per heavy atom. The van der Waals surface area contributed by atoms with Gasteiger partial charge in [0, 0.05) is 21.3 Å². The van der Waals surface area contributed by atoms with Crippen LogP contribution in [0.25, 0.3) is 10.6 Å². The minimum absolute atomic E-state index is 0.182. The summed E-state index contributed by atoms with van der Waals surface area (Å²) in [4.78, 5) is 5.93. The summed E-state index contributed by atoms with van der Waals surface area (Å²) < 4.78 is 1.07. The van der Waals surface area contributed by atoms with Crippen LogP contribution in [0.15, 0.2) is 28.7 Å². The van der Waals surface area contributed by atoms with Gasteiger partial charge in [-0.3, -0.25) is 0 Å². The van der Waals surface area contributed by atoms with Gasteiger partial charge in [-0.15, -0.1) is 11.3 Å². The number of nitrogens with zero attached hydrogens (tertiary/aromatic N) is 1. The van der Waals surface area contributed by atoms with Crippen molar-refractivity contribution in [2.75, 3.05) is 0 Å². The number of halogens is 1. The SMILES string of the molecule is OC1CCc2nc(-c3cccc(Br)c3)sc2C1. The molecule has 1 aliphatic carbocycles. The van der Waals surface area contributed by atoms with E-state index in [1.807, 2.05) is 12.1 Å². The molecule has 1 unspecified atom stereocenters. The van der Waals surface area contributed by atoms with Crippen LogP contribution in [0, 0.1) is 0 Å². The molecule has 0 saturated heterocycles.